The molecule has 5 heteroatoms. The molecule has 1 amide bonds. The lowest BCUT2D eigenvalue weighted by atomic mass is 10.3. The fourth-order valence-electron chi connectivity index (χ4n) is 1.84. The summed E-state index contributed by atoms with van der Waals surface area (Å²) < 4.78 is 6.18. The molecule has 0 aliphatic carbocycles. The quantitative estimate of drug-likeness (QED) is 0.869. The van der Waals surface area contributed by atoms with Gasteiger partial charge in [0.05, 0.1) is 4.47 Å². The van der Waals surface area contributed by atoms with Gasteiger partial charge in [0.25, 0.3) is 5.91 Å². The Balaban J connectivity index is 1.93. The summed E-state index contributed by atoms with van der Waals surface area (Å²) in [5, 5.41) is 0. The summed E-state index contributed by atoms with van der Waals surface area (Å²) in [5.41, 5.74) is 6.33. The number of nitrogen functional groups attached to an aromatic ring is 1. The van der Waals surface area contributed by atoms with E-state index in [1.807, 2.05) is 4.90 Å². The van der Waals surface area contributed by atoms with Crippen LogP contribution in [0.25, 0.3) is 0 Å². The van der Waals surface area contributed by atoms with Crippen LogP contribution in [0.1, 0.15) is 12.8 Å². The lowest BCUT2D eigenvalue weighted by Crippen LogP contribution is -2.32. The Morgan fingerprint density at radius 1 is 1.41 bits per heavy atom. The molecule has 0 aromatic heterocycles. The van der Waals surface area contributed by atoms with E-state index in [-0.39, 0.29) is 12.5 Å². The SMILES string of the molecule is Nc1cccc(OCC(=O)N2CCCC2)c1Br. The first-order chi connectivity index (χ1) is 8.18. The molecule has 1 saturated heterocycles. The molecule has 1 fully saturated rings. The Bertz CT molecular complexity index is 417. The lowest BCUT2D eigenvalue weighted by molar-refractivity contribution is -0.132. The Hall–Kier alpha value is -1.23. The molecule has 0 spiro atoms. The Morgan fingerprint density at radius 2 is 2.12 bits per heavy atom. The minimum Gasteiger partial charge on any atom is -0.483 e. The molecule has 92 valence electrons. The van der Waals surface area contributed by atoms with Gasteiger partial charge in [-0.25, -0.2) is 0 Å². The Kier molecular flexibility index (Phi) is 3.89. The van der Waals surface area contributed by atoms with Gasteiger partial charge in [0.15, 0.2) is 6.61 Å². The first-order valence-corrected chi connectivity index (χ1v) is 6.42. The van der Waals surface area contributed by atoms with Crippen molar-refractivity contribution in [2.24, 2.45) is 0 Å². The molecule has 1 aliphatic rings. The smallest absolute Gasteiger partial charge is 0.260 e. The van der Waals surface area contributed by atoms with E-state index < -0.39 is 0 Å². The molecule has 4 nitrogen and oxygen atoms in total. The maximum atomic E-state index is 11.8. The van der Waals surface area contributed by atoms with Crippen molar-refractivity contribution in [1.82, 2.24) is 4.90 Å². The van der Waals surface area contributed by atoms with Crippen LogP contribution in [0.5, 0.6) is 5.75 Å². The van der Waals surface area contributed by atoms with Gasteiger partial charge in [-0.1, -0.05) is 6.07 Å². The van der Waals surface area contributed by atoms with Gasteiger partial charge in [-0.05, 0) is 40.9 Å². The van der Waals surface area contributed by atoms with Crippen LogP contribution in [0.3, 0.4) is 0 Å². The van der Waals surface area contributed by atoms with Gasteiger partial charge in [-0.2, -0.15) is 0 Å². The number of amides is 1. The zero-order valence-electron chi connectivity index (χ0n) is 9.49. The number of carbonyl (C=O) groups is 1. The van der Waals surface area contributed by atoms with Crippen molar-refractivity contribution in [3.8, 4) is 5.75 Å². The molecular formula is C12H15BrN2O2. The fourth-order valence-corrected chi connectivity index (χ4v) is 2.22. The van der Waals surface area contributed by atoms with E-state index in [1.54, 1.807) is 18.2 Å². The van der Waals surface area contributed by atoms with Crippen LogP contribution in [0.4, 0.5) is 5.69 Å². The number of likely N-dealkylation sites (tertiary alicyclic amines) is 1. The molecule has 17 heavy (non-hydrogen) atoms. The van der Waals surface area contributed by atoms with Crippen LogP contribution in [0, 0.1) is 0 Å². The predicted molar refractivity (Wildman–Crippen MR) is 69.9 cm³/mol. The summed E-state index contributed by atoms with van der Waals surface area (Å²) in [6.07, 6.45) is 2.18. The van der Waals surface area contributed by atoms with Gasteiger partial charge in [0, 0.05) is 18.8 Å². The number of rotatable bonds is 3. The largest absolute Gasteiger partial charge is 0.483 e. The van der Waals surface area contributed by atoms with Crippen molar-refractivity contribution in [1.29, 1.82) is 0 Å². The van der Waals surface area contributed by atoms with E-state index in [9.17, 15) is 4.79 Å². The second-order valence-corrected chi connectivity index (χ2v) is 4.83. The van der Waals surface area contributed by atoms with Gasteiger partial charge < -0.3 is 15.4 Å². The number of hydrogen-bond acceptors (Lipinski definition) is 3. The first-order valence-electron chi connectivity index (χ1n) is 5.63. The highest BCUT2D eigenvalue weighted by atomic mass is 79.9. The van der Waals surface area contributed by atoms with Gasteiger partial charge in [-0.3, -0.25) is 4.79 Å². The molecule has 2 N–H and O–H groups in total. The zero-order valence-corrected chi connectivity index (χ0v) is 11.1. The number of hydrogen-bond donors (Lipinski definition) is 1. The van der Waals surface area contributed by atoms with E-state index in [4.69, 9.17) is 10.5 Å². The maximum Gasteiger partial charge on any atom is 0.260 e. The fraction of sp³-hybridized carbons (Fsp3) is 0.417. The molecule has 0 radical (unpaired) electrons. The first kappa shape index (κ1) is 12.2. The zero-order chi connectivity index (χ0) is 12.3. The molecular weight excluding hydrogens is 284 g/mol. The van der Waals surface area contributed by atoms with E-state index >= 15 is 0 Å². The maximum absolute atomic E-state index is 11.8. The van der Waals surface area contributed by atoms with Crippen molar-refractivity contribution in [2.45, 2.75) is 12.8 Å². The standard InChI is InChI=1S/C12H15BrN2O2/c13-12-9(14)4-3-5-10(12)17-8-11(16)15-6-1-2-7-15/h3-5H,1-2,6-8,14H2. The topological polar surface area (TPSA) is 55.6 Å². The van der Waals surface area contributed by atoms with Crippen LogP contribution >= 0.6 is 15.9 Å². The summed E-state index contributed by atoms with van der Waals surface area (Å²) in [6.45, 7) is 1.77. The molecule has 0 saturated carbocycles. The van der Waals surface area contributed by atoms with Crippen LogP contribution in [-0.4, -0.2) is 30.5 Å². The van der Waals surface area contributed by atoms with Gasteiger partial charge in [0.2, 0.25) is 0 Å². The van der Waals surface area contributed by atoms with E-state index in [2.05, 4.69) is 15.9 Å². The highest BCUT2D eigenvalue weighted by Gasteiger charge is 2.18. The predicted octanol–water partition coefficient (Wildman–Crippen LogP) is 2.03. The third kappa shape index (κ3) is 2.91. The lowest BCUT2D eigenvalue weighted by Gasteiger charge is -2.16. The van der Waals surface area contributed by atoms with Crippen LogP contribution in [0.15, 0.2) is 22.7 Å². The molecule has 1 aliphatic heterocycles. The third-order valence-electron chi connectivity index (χ3n) is 2.80. The van der Waals surface area contributed by atoms with Crippen molar-refractivity contribution in [2.75, 3.05) is 25.4 Å². The average molecular weight is 299 g/mol. The van der Waals surface area contributed by atoms with Crippen molar-refractivity contribution in [3.63, 3.8) is 0 Å². The van der Waals surface area contributed by atoms with Gasteiger partial charge >= 0.3 is 0 Å². The Labute approximate surface area is 109 Å². The molecule has 0 unspecified atom stereocenters. The van der Waals surface area contributed by atoms with E-state index in [1.165, 1.54) is 0 Å². The third-order valence-corrected chi connectivity index (χ3v) is 3.65. The van der Waals surface area contributed by atoms with Gasteiger partial charge in [0.1, 0.15) is 5.75 Å². The minimum absolute atomic E-state index is 0.0387. The van der Waals surface area contributed by atoms with Crippen molar-refractivity contribution < 1.29 is 9.53 Å². The normalized spacial score (nSPS) is 15.0. The number of ether oxygens (including phenoxy) is 1. The van der Waals surface area contributed by atoms with Crippen molar-refractivity contribution in [3.05, 3.63) is 22.7 Å². The minimum atomic E-state index is 0.0387. The molecule has 2 rings (SSSR count). The average Bonchev–Trinajstić information content (AvgIpc) is 2.84. The highest BCUT2D eigenvalue weighted by molar-refractivity contribution is 9.10. The molecule has 0 bridgehead atoms. The number of nitrogens with two attached hydrogens (primary N) is 1. The van der Waals surface area contributed by atoms with E-state index in [0.29, 0.717) is 15.9 Å². The van der Waals surface area contributed by atoms with Crippen molar-refractivity contribution >= 4 is 27.5 Å². The summed E-state index contributed by atoms with van der Waals surface area (Å²) in [5.74, 6) is 0.648. The molecule has 1 aromatic carbocycles. The number of carbonyl (C=O) groups excluding carboxylic acids is 1. The number of halogens is 1. The highest BCUT2D eigenvalue weighted by Crippen LogP contribution is 2.30. The van der Waals surface area contributed by atoms with E-state index in [0.717, 1.165) is 25.9 Å². The van der Waals surface area contributed by atoms with Gasteiger partial charge in [-0.15, -0.1) is 0 Å². The van der Waals surface area contributed by atoms with Crippen LogP contribution in [0.2, 0.25) is 0 Å². The summed E-state index contributed by atoms with van der Waals surface area (Å²) in [4.78, 5) is 13.6. The molecule has 0 atom stereocenters. The number of benzene rings is 1. The van der Waals surface area contributed by atoms with Crippen LogP contribution < -0.4 is 10.5 Å². The second-order valence-electron chi connectivity index (χ2n) is 4.04. The summed E-state index contributed by atoms with van der Waals surface area (Å²) in [6, 6.07) is 5.37. The number of nitrogens with zero attached hydrogens (tertiary/aromatic N) is 1. The summed E-state index contributed by atoms with van der Waals surface area (Å²) in [7, 11) is 0. The Morgan fingerprint density at radius 3 is 2.82 bits per heavy atom. The summed E-state index contributed by atoms with van der Waals surface area (Å²) >= 11 is 3.34. The monoisotopic (exact) mass is 298 g/mol. The molecule has 1 heterocycles. The number of anilines is 1. The molecule has 1 aromatic rings. The second kappa shape index (κ2) is 5.40. The van der Waals surface area contributed by atoms with Crippen LogP contribution in [-0.2, 0) is 4.79 Å².